The molecule has 1 aromatic rings. The lowest BCUT2D eigenvalue weighted by molar-refractivity contribution is 0.456. The second-order valence-electron chi connectivity index (χ2n) is 2.59. The van der Waals surface area contributed by atoms with Crippen LogP contribution in [0.25, 0.3) is 0 Å². The summed E-state index contributed by atoms with van der Waals surface area (Å²) in [6.07, 6.45) is 0. The molecule has 0 aliphatic heterocycles. The predicted molar refractivity (Wildman–Crippen MR) is 45.5 cm³/mol. The van der Waals surface area contributed by atoms with E-state index in [1.807, 2.05) is 13.8 Å². The largest absolute Gasteiger partial charge is 0.506 e. The summed E-state index contributed by atoms with van der Waals surface area (Å²) < 4.78 is 0.555. The third-order valence-electron chi connectivity index (χ3n) is 1.32. The third-order valence-corrected chi connectivity index (χ3v) is 1.71. The number of rotatable bonds is 1. The van der Waals surface area contributed by atoms with E-state index in [2.05, 4.69) is 26.1 Å². The Morgan fingerprint density at radius 2 is 2.09 bits per heavy atom. The van der Waals surface area contributed by atoms with Gasteiger partial charge in [-0.05, 0) is 15.9 Å². The van der Waals surface area contributed by atoms with Crippen molar-refractivity contribution < 1.29 is 5.11 Å². The molecule has 0 fully saturated rings. The van der Waals surface area contributed by atoms with Gasteiger partial charge in [0.1, 0.15) is 16.0 Å². The van der Waals surface area contributed by atoms with Crippen LogP contribution in [0.3, 0.4) is 0 Å². The van der Waals surface area contributed by atoms with Crippen molar-refractivity contribution in [1.82, 2.24) is 10.2 Å². The fourth-order valence-corrected chi connectivity index (χ4v) is 1.08. The van der Waals surface area contributed by atoms with Crippen LogP contribution in [0.2, 0.25) is 0 Å². The monoisotopic (exact) mass is 216 g/mol. The fraction of sp³-hybridized carbons (Fsp3) is 0.429. The summed E-state index contributed by atoms with van der Waals surface area (Å²) >= 11 is 3.11. The van der Waals surface area contributed by atoms with Crippen molar-refractivity contribution >= 4 is 15.9 Å². The molecule has 0 saturated carbocycles. The standard InChI is InChI=1S/C7H9BrN2O/c1-4(2)7-5(11)3-6(8)9-10-7/h3-4H,1-2H3,(H,9,11). The second-order valence-corrected chi connectivity index (χ2v) is 3.40. The van der Waals surface area contributed by atoms with Gasteiger partial charge in [-0.25, -0.2) is 0 Å². The number of hydrogen-bond donors (Lipinski definition) is 1. The molecular weight excluding hydrogens is 208 g/mol. The number of aromatic nitrogens is 2. The van der Waals surface area contributed by atoms with Gasteiger partial charge in [-0.1, -0.05) is 13.8 Å². The van der Waals surface area contributed by atoms with Crippen molar-refractivity contribution in [2.24, 2.45) is 0 Å². The summed E-state index contributed by atoms with van der Waals surface area (Å²) in [6.45, 7) is 3.91. The molecule has 4 heteroatoms. The SMILES string of the molecule is CC(C)c1nnc(Br)cc1O. The molecule has 1 rings (SSSR count). The molecular formula is C7H9BrN2O. The molecule has 0 amide bonds. The van der Waals surface area contributed by atoms with E-state index < -0.39 is 0 Å². The van der Waals surface area contributed by atoms with Crippen LogP contribution in [0.15, 0.2) is 10.7 Å². The topological polar surface area (TPSA) is 46.0 Å². The Hall–Kier alpha value is -0.640. The molecule has 0 saturated heterocycles. The van der Waals surface area contributed by atoms with Crippen LogP contribution in [0.5, 0.6) is 5.75 Å². The van der Waals surface area contributed by atoms with Gasteiger partial charge in [0.05, 0.1) is 0 Å². The minimum atomic E-state index is 0.196. The molecule has 0 spiro atoms. The Morgan fingerprint density at radius 3 is 2.55 bits per heavy atom. The van der Waals surface area contributed by atoms with E-state index in [1.54, 1.807) is 6.07 Å². The van der Waals surface area contributed by atoms with E-state index in [-0.39, 0.29) is 11.7 Å². The molecule has 0 atom stereocenters. The maximum Gasteiger partial charge on any atom is 0.141 e. The van der Waals surface area contributed by atoms with Gasteiger partial charge in [-0.2, -0.15) is 5.10 Å². The summed E-state index contributed by atoms with van der Waals surface area (Å²) in [7, 11) is 0. The van der Waals surface area contributed by atoms with Crippen molar-refractivity contribution in [2.45, 2.75) is 19.8 Å². The van der Waals surface area contributed by atoms with Crippen molar-refractivity contribution in [1.29, 1.82) is 0 Å². The van der Waals surface area contributed by atoms with Gasteiger partial charge in [-0.15, -0.1) is 5.10 Å². The van der Waals surface area contributed by atoms with Gasteiger partial charge in [0.2, 0.25) is 0 Å². The van der Waals surface area contributed by atoms with Crippen molar-refractivity contribution in [2.75, 3.05) is 0 Å². The Bertz CT molecular complexity index is 263. The highest BCUT2D eigenvalue weighted by molar-refractivity contribution is 9.10. The summed E-state index contributed by atoms with van der Waals surface area (Å²) in [4.78, 5) is 0. The maximum absolute atomic E-state index is 9.33. The van der Waals surface area contributed by atoms with Gasteiger partial charge >= 0.3 is 0 Å². The van der Waals surface area contributed by atoms with Gasteiger partial charge < -0.3 is 5.11 Å². The van der Waals surface area contributed by atoms with E-state index >= 15 is 0 Å². The molecule has 1 aromatic heterocycles. The van der Waals surface area contributed by atoms with Crippen LogP contribution in [0.1, 0.15) is 25.5 Å². The summed E-state index contributed by atoms with van der Waals surface area (Å²) in [5.74, 6) is 0.400. The molecule has 0 aromatic carbocycles. The summed E-state index contributed by atoms with van der Waals surface area (Å²) in [5.41, 5.74) is 0.633. The average Bonchev–Trinajstić information content (AvgIpc) is 1.85. The molecule has 60 valence electrons. The van der Waals surface area contributed by atoms with Gasteiger partial charge in [0.25, 0.3) is 0 Å². The molecule has 0 aliphatic rings. The predicted octanol–water partition coefficient (Wildman–Crippen LogP) is 2.07. The van der Waals surface area contributed by atoms with E-state index in [4.69, 9.17) is 0 Å². The highest BCUT2D eigenvalue weighted by Crippen LogP contribution is 2.23. The first-order valence-corrected chi connectivity index (χ1v) is 4.12. The Balaban J connectivity index is 3.09. The molecule has 11 heavy (non-hydrogen) atoms. The summed E-state index contributed by atoms with van der Waals surface area (Å²) in [6, 6.07) is 1.54. The molecule has 1 heterocycles. The molecule has 0 bridgehead atoms. The minimum Gasteiger partial charge on any atom is -0.506 e. The lowest BCUT2D eigenvalue weighted by Gasteiger charge is -2.04. The fourth-order valence-electron chi connectivity index (χ4n) is 0.780. The number of hydrogen-bond acceptors (Lipinski definition) is 3. The third kappa shape index (κ3) is 1.89. The molecule has 0 unspecified atom stereocenters. The van der Waals surface area contributed by atoms with Gasteiger partial charge in [0.15, 0.2) is 0 Å². The van der Waals surface area contributed by atoms with Gasteiger partial charge in [0, 0.05) is 12.0 Å². The van der Waals surface area contributed by atoms with Gasteiger partial charge in [-0.3, -0.25) is 0 Å². The second kappa shape index (κ2) is 3.17. The first-order valence-electron chi connectivity index (χ1n) is 3.33. The zero-order chi connectivity index (χ0) is 8.43. The van der Waals surface area contributed by atoms with E-state index in [0.29, 0.717) is 10.3 Å². The van der Waals surface area contributed by atoms with Crippen LogP contribution in [0.4, 0.5) is 0 Å². The Morgan fingerprint density at radius 1 is 1.45 bits per heavy atom. The minimum absolute atomic E-state index is 0.196. The zero-order valence-corrected chi connectivity index (χ0v) is 7.96. The zero-order valence-electron chi connectivity index (χ0n) is 6.37. The number of halogens is 1. The summed E-state index contributed by atoms with van der Waals surface area (Å²) in [5, 5.41) is 16.9. The van der Waals surface area contributed by atoms with Crippen molar-refractivity contribution in [3.8, 4) is 5.75 Å². The average molecular weight is 217 g/mol. The number of nitrogens with zero attached hydrogens (tertiary/aromatic N) is 2. The first kappa shape index (κ1) is 8.46. The highest BCUT2D eigenvalue weighted by atomic mass is 79.9. The highest BCUT2D eigenvalue weighted by Gasteiger charge is 2.07. The Kier molecular flexibility index (Phi) is 2.44. The van der Waals surface area contributed by atoms with Crippen LogP contribution in [0, 0.1) is 0 Å². The van der Waals surface area contributed by atoms with E-state index in [1.165, 1.54) is 0 Å². The van der Waals surface area contributed by atoms with Crippen LogP contribution >= 0.6 is 15.9 Å². The number of aromatic hydroxyl groups is 1. The van der Waals surface area contributed by atoms with Crippen LogP contribution in [-0.4, -0.2) is 15.3 Å². The molecule has 1 N–H and O–H groups in total. The lowest BCUT2D eigenvalue weighted by Crippen LogP contribution is -1.95. The lowest BCUT2D eigenvalue weighted by atomic mass is 10.1. The van der Waals surface area contributed by atoms with E-state index in [9.17, 15) is 5.11 Å². The van der Waals surface area contributed by atoms with Crippen LogP contribution in [-0.2, 0) is 0 Å². The molecule has 0 radical (unpaired) electrons. The van der Waals surface area contributed by atoms with Crippen LogP contribution < -0.4 is 0 Å². The smallest absolute Gasteiger partial charge is 0.141 e. The first-order chi connectivity index (χ1) is 5.11. The molecule has 0 aliphatic carbocycles. The van der Waals surface area contributed by atoms with Crippen molar-refractivity contribution in [3.63, 3.8) is 0 Å². The Labute approximate surface area is 73.6 Å². The van der Waals surface area contributed by atoms with E-state index in [0.717, 1.165) is 0 Å². The molecule has 3 nitrogen and oxygen atoms in total. The maximum atomic E-state index is 9.33. The van der Waals surface area contributed by atoms with Crippen molar-refractivity contribution in [3.05, 3.63) is 16.4 Å². The normalized spacial score (nSPS) is 10.5. The quantitative estimate of drug-likeness (QED) is 0.783.